The number of esters is 1. The second kappa shape index (κ2) is 8.54. The van der Waals surface area contributed by atoms with Gasteiger partial charge in [0.05, 0.1) is 16.1 Å². The molecule has 3 aromatic rings. The van der Waals surface area contributed by atoms with Gasteiger partial charge < -0.3 is 14.5 Å². The standard InChI is InChI=1S/C25H26N4O4/c1-5-28(6-2)19-13-14-21(22(16-19)29(31)32)25(17-9-11-18(12-10-17)27(3)4)23-20(24(30)33-25)8-7-15-26-23/h7-16H,5-6H2,1-4H3. The average molecular weight is 447 g/mol. The maximum atomic E-state index is 12.9. The fourth-order valence-corrected chi connectivity index (χ4v) is 4.38. The van der Waals surface area contributed by atoms with Gasteiger partial charge in [-0.1, -0.05) is 12.1 Å². The van der Waals surface area contributed by atoms with Crippen LogP contribution in [0.15, 0.2) is 60.8 Å². The lowest BCUT2D eigenvalue weighted by molar-refractivity contribution is -0.386. The van der Waals surface area contributed by atoms with Crippen molar-refractivity contribution in [1.29, 1.82) is 0 Å². The highest BCUT2D eigenvalue weighted by Crippen LogP contribution is 2.49. The van der Waals surface area contributed by atoms with Crippen LogP contribution in [0.2, 0.25) is 0 Å². The first-order chi connectivity index (χ1) is 15.8. The summed E-state index contributed by atoms with van der Waals surface area (Å²) in [5.41, 5.74) is 1.56. The fraction of sp³-hybridized carbons (Fsp3) is 0.280. The summed E-state index contributed by atoms with van der Waals surface area (Å²) in [6, 6.07) is 15.8. The van der Waals surface area contributed by atoms with Crippen molar-refractivity contribution >= 4 is 23.0 Å². The van der Waals surface area contributed by atoms with Crippen LogP contribution in [0.4, 0.5) is 17.1 Å². The summed E-state index contributed by atoms with van der Waals surface area (Å²) < 4.78 is 6.00. The van der Waals surface area contributed by atoms with Crippen LogP contribution < -0.4 is 9.80 Å². The summed E-state index contributed by atoms with van der Waals surface area (Å²) in [6.45, 7) is 5.42. The van der Waals surface area contributed by atoms with Crippen LogP contribution in [0.3, 0.4) is 0 Å². The number of nitro benzene ring substituents is 1. The van der Waals surface area contributed by atoms with Gasteiger partial charge in [0, 0.05) is 56.4 Å². The lowest BCUT2D eigenvalue weighted by Crippen LogP contribution is -2.31. The smallest absolute Gasteiger partial charge is 0.341 e. The van der Waals surface area contributed by atoms with Crippen molar-refractivity contribution in [3.63, 3.8) is 0 Å². The predicted octanol–water partition coefficient (Wildman–Crippen LogP) is 4.36. The maximum Gasteiger partial charge on any atom is 0.341 e. The third-order valence-electron chi connectivity index (χ3n) is 6.08. The van der Waals surface area contributed by atoms with E-state index >= 15 is 0 Å². The van der Waals surface area contributed by atoms with Crippen molar-refractivity contribution in [2.24, 2.45) is 0 Å². The van der Waals surface area contributed by atoms with Crippen molar-refractivity contribution in [3.05, 3.63) is 93.3 Å². The summed E-state index contributed by atoms with van der Waals surface area (Å²) in [4.78, 5) is 33.2. The van der Waals surface area contributed by atoms with Crippen molar-refractivity contribution in [3.8, 4) is 0 Å². The van der Waals surface area contributed by atoms with Crippen LogP contribution in [0.25, 0.3) is 0 Å². The minimum Gasteiger partial charge on any atom is -0.439 e. The molecule has 1 atom stereocenters. The molecule has 0 N–H and O–H groups in total. The van der Waals surface area contributed by atoms with E-state index in [9.17, 15) is 14.9 Å². The molecule has 0 amide bonds. The number of ether oxygens (including phenoxy) is 1. The first-order valence-electron chi connectivity index (χ1n) is 10.8. The summed E-state index contributed by atoms with van der Waals surface area (Å²) >= 11 is 0. The Morgan fingerprint density at radius 3 is 2.30 bits per heavy atom. The molecule has 1 aliphatic rings. The Morgan fingerprint density at radius 2 is 1.70 bits per heavy atom. The zero-order valence-corrected chi connectivity index (χ0v) is 19.1. The number of nitrogens with zero attached hydrogens (tertiary/aromatic N) is 4. The van der Waals surface area contributed by atoms with Gasteiger partial charge >= 0.3 is 5.97 Å². The van der Waals surface area contributed by atoms with E-state index in [1.54, 1.807) is 30.5 Å². The monoisotopic (exact) mass is 446 g/mol. The summed E-state index contributed by atoms with van der Waals surface area (Å²) in [6.07, 6.45) is 1.57. The number of fused-ring (bicyclic) bond motifs is 1. The van der Waals surface area contributed by atoms with Gasteiger partial charge in [-0.15, -0.1) is 0 Å². The number of cyclic esters (lactones) is 1. The Balaban J connectivity index is 2.02. The molecule has 170 valence electrons. The molecule has 8 nitrogen and oxygen atoms in total. The van der Waals surface area contributed by atoms with Crippen LogP contribution in [-0.2, 0) is 10.3 Å². The van der Waals surface area contributed by atoms with Crippen molar-refractivity contribution in [2.45, 2.75) is 19.4 Å². The highest BCUT2D eigenvalue weighted by Gasteiger charge is 2.53. The topological polar surface area (TPSA) is 88.8 Å². The second-order valence-corrected chi connectivity index (χ2v) is 8.04. The quantitative estimate of drug-likeness (QED) is 0.303. The van der Waals surface area contributed by atoms with E-state index in [1.165, 1.54) is 0 Å². The molecule has 0 bridgehead atoms. The fourth-order valence-electron chi connectivity index (χ4n) is 4.38. The molecule has 8 heteroatoms. The zero-order valence-electron chi connectivity index (χ0n) is 19.1. The number of carbonyl (C=O) groups is 1. The number of hydrogen-bond donors (Lipinski definition) is 0. The van der Waals surface area contributed by atoms with E-state index in [-0.39, 0.29) is 11.3 Å². The van der Waals surface area contributed by atoms with Gasteiger partial charge in [0.2, 0.25) is 5.60 Å². The highest BCUT2D eigenvalue weighted by atomic mass is 16.6. The Bertz CT molecular complexity index is 1210. The molecule has 0 aliphatic carbocycles. The zero-order chi connectivity index (χ0) is 23.8. The number of aromatic nitrogens is 1. The third-order valence-corrected chi connectivity index (χ3v) is 6.08. The predicted molar refractivity (Wildman–Crippen MR) is 127 cm³/mol. The lowest BCUT2D eigenvalue weighted by Gasteiger charge is -2.30. The molecule has 0 saturated carbocycles. The molecule has 1 unspecified atom stereocenters. The Morgan fingerprint density at radius 1 is 1.03 bits per heavy atom. The Kier molecular flexibility index (Phi) is 5.76. The van der Waals surface area contributed by atoms with Gasteiger partial charge in [-0.05, 0) is 50.2 Å². The van der Waals surface area contributed by atoms with Crippen LogP contribution in [-0.4, -0.2) is 43.1 Å². The van der Waals surface area contributed by atoms with E-state index in [4.69, 9.17) is 4.74 Å². The number of hydrogen-bond acceptors (Lipinski definition) is 7. The number of nitro groups is 1. The molecule has 2 heterocycles. The number of rotatable bonds is 7. The Labute approximate surface area is 192 Å². The molecule has 1 aromatic heterocycles. The SMILES string of the molecule is CCN(CC)c1ccc(C2(c3ccc(N(C)C)cc3)OC(=O)c3cccnc32)c([N+](=O)[O-])c1. The van der Waals surface area contributed by atoms with Gasteiger partial charge in [0.1, 0.15) is 5.69 Å². The number of pyridine rings is 1. The minimum absolute atomic E-state index is 0.123. The average Bonchev–Trinajstić information content (AvgIpc) is 3.13. The normalized spacial score (nSPS) is 16.8. The molecule has 0 radical (unpaired) electrons. The number of carbonyl (C=O) groups excluding carboxylic acids is 1. The molecule has 1 aliphatic heterocycles. The van der Waals surface area contributed by atoms with Crippen LogP contribution in [0.1, 0.15) is 41.0 Å². The second-order valence-electron chi connectivity index (χ2n) is 8.04. The lowest BCUT2D eigenvalue weighted by atomic mass is 9.81. The number of benzene rings is 2. The molecule has 33 heavy (non-hydrogen) atoms. The van der Waals surface area contributed by atoms with Crippen molar-refractivity contribution in [2.75, 3.05) is 37.0 Å². The largest absolute Gasteiger partial charge is 0.439 e. The van der Waals surface area contributed by atoms with Gasteiger partial charge in [-0.2, -0.15) is 0 Å². The third kappa shape index (κ3) is 3.57. The van der Waals surface area contributed by atoms with E-state index in [0.29, 0.717) is 29.9 Å². The molecule has 0 spiro atoms. The molecule has 4 rings (SSSR count). The van der Waals surface area contributed by atoms with Crippen molar-refractivity contribution < 1.29 is 14.5 Å². The molecule has 0 saturated heterocycles. The van der Waals surface area contributed by atoms with E-state index in [1.807, 2.05) is 68.1 Å². The first kappa shape index (κ1) is 22.3. The van der Waals surface area contributed by atoms with Gasteiger partial charge in [-0.3, -0.25) is 15.1 Å². The highest BCUT2D eigenvalue weighted by molar-refractivity contribution is 5.96. The maximum absolute atomic E-state index is 12.9. The van der Waals surface area contributed by atoms with E-state index in [2.05, 4.69) is 4.98 Å². The molecular weight excluding hydrogens is 420 g/mol. The minimum atomic E-state index is -1.53. The van der Waals surface area contributed by atoms with Crippen LogP contribution in [0.5, 0.6) is 0 Å². The van der Waals surface area contributed by atoms with Gasteiger partial charge in [0.15, 0.2) is 0 Å². The first-order valence-corrected chi connectivity index (χ1v) is 10.8. The molecular formula is C25H26N4O4. The van der Waals surface area contributed by atoms with Gasteiger partial charge in [-0.25, -0.2) is 4.79 Å². The summed E-state index contributed by atoms with van der Waals surface area (Å²) in [5.74, 6) is -0.558. The summed E-state index contributed by atoms with van der Waals surface area (Å²) in [7, 11) is 3.85. The van der Waals surface area contributed by atoms with Gasteiger partial charge in [0.25, 0.3) is 5.69 Å². The molecule has 2 aromatic carbocycles. The van der Waals surface area contributed by atoms with Crippen LogP contribution in [0, 0.1) is 10.1 Å². The summed E-state index contributed by atoms with van der Waals surface area (Å²) in [5, 5.41) is 12.3. The van der Waals surface area contributed by atoms with E-state index in [0.717, 1.165) is 11.4 Å². The molecule has 0 fully saturated rings. The van der Waals surface area contributed by atoms with Crippen molar-refractivity contribution in [1.82, 2.24) is 4.98 Å². The van der Waals surface area contributed by atoms with Crippen LogP contribution >= 0.6 is 0 Å². The van der Waals surface area contributed by atoms with E-state index < -0.39 is 16.5 Å². The number of anilines is 2. The Hall–Kier alpha value is -3.94.